The molecule has 2 amide bonds. The Kier molecular flexibility index (Phi) is 7.11. The molecule has 1 fully saturated rings. The molecule has 210 valence electrons. The molecule has 0 saturated carbocycles. The Balaban J connectivity index is 1.43. The highest BCUT2D eigenvalue weighted by Crippen LogP contribution is 2.55. The molecule has 1 saturated heterocycles. The van der Waals surface area contributed by atoms with Crippen LogP contribution in [0.4, 0.5) is 18.9 Å². The Morgan fingerprint density at radius 1 is 1.00 bits per heavy atom. The van der Waals surface area contributed by atoms with Crippen molar-refractivity contribution in [1.29, 1.82) is 0 Å². The number of fused-ring (bicyclic) bond motifs is 2. The number of nitrogens with zero attached hydrogens (tertiary/aromatic N) is 1. The van der Waals surface area contributed by atoms with Crippen molar-refractivity contribution in [2.75, 3.05) is 4.90 Å². The fraction of sp³-hybridized carbons (Fsp3) is 0.207. The van der Waals surface area contributed by atoms with Crippen LogP contribution >= 0.6 is 39.0 Å². The number of aromatic amines is 1. The van der Waals surface area contributed by atoms with Gasteiger partial charge in [0.25, 0.3) is 0 Å². The van der Waals surface area contributed by atoms with E-state index in [1.807, 2.05) is 31.2 Å². The number of carbonyl (C=O) groups is 2. The number of benzene rings is 3. The van der Waals surface area contributed by atoms with Crippen LogP contribution in [0.2, 0.25) is 0 Å². The second-order valence-corrected chi connectivity index (χ2v) is 12.8. The minimum atomic E-state index is -4.64. The van der Waals surface area contributed by atoms with Crippen molar-refractivity contribution in [2.45, 2.75) is 35.9 Å². The number of aryl methyl sites for hydroxylation is 1. The van der Waals surface area contributed by atoms with Crippen LogP contribution in [-0.4, -0.2) is 22.0 Å². The quantitative estimate of drug-likeness (QED) is 0.236. The van der Waals surface area contributed by atoms with Gasteiger partial charge in [-0.3, -0.25) is 14.4 Å². The van der Waals surface area contributed by atoms with E-state index in [-0.39, 0.29) is 17.2 Å². The van der Waals surface area contributed by atoms with Crippen molar-refractivity contribution in [2.24, 2.45) is 5.92 Å². The maximum absolute atomic E-state index is 14.0. The normalized spacial score (nSPS) is 20.2. The molecule has 6 rings (SSSR count). The standard InChI is InChI=1S/C29H20BrF3N2O4S2/c1-14-5-7-15(8-6-14)13-39-20-10-9-17(30)12-19(20)21-22-24(40-25-23(21)41-28(38)34-25)27(37)35(26(22)36)18-4-2-3-16(11-18)29(31,32)33/h2-12,21-22,24H,13H2,1H3,(H,34,38). The fourth-order valence-corrected chi connectivity index (χ4v) is 8.05. The van der Waals surface area contributed by atoms with Crippen LogP contribution < -0.4 is 14.5 Å². The summed E-state index contributed by atoms with van der Waals surface area (Å²) in [6.07, 6.45) is -4.64. The molecule has 3 unspecified atom stereocenters. The highest BCUT2D eigenvalue weighted by molar-refractivity contribution is 9.10. The van der Waals surface area contributed by atoms with E-state index in [0.29, 0.717) is 25.7 Å². The summed E-state index contributed by atoms with van der Waals surface area (Å²) in [4.78, 5) is 44.0. The molecule has 0 aliphatic carbocycles. The van der Waals surface area contributed by atoms with Crippen molar-refractivity contribution >= 4 is 56.5 Å². The predicted molar refractivity (Wildman–Crippen MR) is 154 cm³/mol. The second-order valence-electron chi connectivity index (χ2n) is 9.77. The van der Waals surface area contributed by atoms with Crippen LogP contribution in [0.1, 0.15) is 33.0 Å². The van der Waals surface area contributed by atoms with Gasteiger partial charge in [-0.2, -0.15) is 13.2 Å². The number of rotatable bonds is 5. The molecule has 6 nitrogen and oxygen atoms in total. The zero-order chi connectivity index (χ0) is 29.1. The van der Waals surface area contributed by atoms with Gasteiger partial charge in [0, 0.05) is 20.8 Å². The summed E-state index contributed by atoms with van der Waals surface area (Å²) in [7, 11) is 0. The molecule has 3 heterocycles. The van der Waals surface area contributed by atoms with Gasteiger partial charge in [-0.1, -0.05) is 74.9 Å². The highest BCUT2D eigenvalue weighted by atomic mass is 79.9. The van der Waals surface area contributed by atoms with Gasteiger partial charge < -0.3 is 9.72 Å². The maximum atomic E-state index is 14.0. The zero-order valence-electron chi connectivity index (χ0n) is 21.2. The van der Waals surface area contributed by atoms with Crippen LogP contribution in [0.5, 0.6) is 5.75 Å². The molecule has 0 bridgehead atoms. The Labute approximate surface area is 248 Å². The molecule has 0 radical (unpaired) electrons. The van der Waals surface area contributed by atoms with E-state index >= 15 is 0 Å². The summed E-state index contributed by atoms with van der Waals surface area (Å²) >= 11 is 5.49. The number of aromatic nitrogens is 1. The number of hydrogen-bond acceptors (Lipinski definition) is 6. The Morgan fingerprint density at radius 3 is 2.49 bits per heavy atom. The van der Waals surface area contributed by atoms with E-state index in [1.54, 1.807) is 18.2 Å². The average Bonchev–Trinajstić information content (AvgIpc) is 3.42. The molecule has 2 aliphatic heterocycles. The molecular formula is C29H20BrF3N2O4S2. The molecule has 0 spiro atoms. The second kappa shape index (κ2) is 10.5. The lowest BCUT2D eigenvalue weighted by atomic mass is 9.82. The van der Waals surface area contributed by atoms with E-state index in [0.717, 1.165) is 51.3 Å². The van der Waals surface area contributed by atoms with Crippen LogP contribution in [0.3, 0.4) is 0 Å². The third-order valence-electron chi connectivity index (χ3n) is 7.08. The lowest BCUT2D eigenvalue weighted by Crippen LogP contribution is -2.32. The Bertz CT molecular complexity index is 1740. The summed E-state index contributed by atoms with van der Waals surface area (Å²) in [5.41, 5.74) is 1.51. The molecule has 3 aromatic carbocycles. The molecular weight excluding hydrogens is 641 g/mol. The minimum absolute atomic E-state index is 0.148. The third-order valence-corrected chi connectivity index (χ3v) is 9.97. The Morgan fingerprint density at radius 2 is 1.76 bits per heavy atom. The van der Waals surface area contributed by atoms with E-state index in [9.17, 15) is 27.6 Å². The number of nitrogens with one attached hydrogen (secondary N) is 1. The van der Waals surface area contributed by atoms with Crippen LogP contribution in [0.15, 0.2) is 81.0 Å². The Hall–Kier alpha value is -3.35. The summed E-state index contributed by atoms with van der Waals surface area (Å²) in [5, 5.41) is -0.494. The van der Waals surface area contributed by atoms with Gasteiger partial charge in [0.1, 0.15) is 17.6 Å². The van der Waals surface area contributed by atoms with Crippen molar-refractivity contribution in [3.63, 3.8) is 0 Å². The number of hydrogen-bond donors (Lipinski definition) is 1. The molecule has 1 N–H and O–H groups in total. The topological polar surface area (TPSA) is 79.5 Å². The summed E-state index contributed by atoms with van der Waals surface area (Å²) < 4.78 is 47.3. The molecule has 1 aromatic heterocycles. The summed E-state index contributed by atoms with van der Waals surface area (Å²) in [5.74, 6) is -2.53. The molecule has 2 aliphatic rings. The molecule has 12 heteroatoms. The van der Waals surface area contributed by atoms with E-state index in [2.05, 4.69) is 20.9 Å². The number of alkyl halides is 3. The van der Waals surface area contributed by atoms with E-state index in [4.69, 9.17) is 4.74 Å². The first-order valence-corrected chi connectivity index (χ1v) is 14.9. The van der Waals surface area contributed by atoms with Gasteiger partial charge >= 0.3 is 11.0 Å². The maximum Gasteiger partial charge on any atom is 0.416 e. The first-order chi connectivity index (χ1) is 19.5. The van der Waals surface area contributed by atoms with Gasteiger partial charge in [-0.25, -0.2) is 4.90 Å². The molecule has 4 aromatic rings. The van der Waals surface area contributed by atoms with Gasteiger partial charge in [0.05, 0.1) is 22.2 Å². The number of halogens is 4. The summed E-state index contributed by atoms with van der Waals surface area (Å²) in [6, 6.07) is 17.4. The van der Waals surface area contributed by atoms with Gasteiger partial charge in [-0.05, 0) is 48.9 Å². The minimum Gasteiger partial charge on any atom is -0.489 e. The fourth-order valence-electron chi connectivity index (χ4n) is 5.17. The van der Waals surface area contributed by atoms with Crippen LogP contribution in [-0.2, 0) is 22.4 Å². The number of thioether (sulfide) groups is 1. The largest absolute Gasteiger partial charge is 0.489 e. The first kappa shape index (κ1) is 27.8. The summed E-state index contributed by atoms with van der Waals surface area (Å²) in [6.45, 7) is 2.22. The number of thiazole rings is 1. The van der Waals surface area contributed by atoms with Crippen molar-refractivity contribution in [3.05, 3.63) is 108 Å². The van der Waals surface area contributed by atoms with Gasteiger partial charge in [0.2, 0.25) is 11.8 Å². The van der Waals surface area contributed by atoms with E-state index in [1.165, 1.54) is 12.1 Å². The number of amides is 2. The highest BCUT2D eigenvalue weighted by Gasteiger charge is 2.57. The van der Waals surface area contributed by atoms with Gasteiger partial charge in [0.15, 0.2) is 0 Å². The lowest BCUT2D eigenvalue weighted by Gasteiger charge is -2.31. The first-order valence-electron chi connectivity index (χ1n) is 12.4. The number of H-pyrrole nitrogens is 1. The monoisotopic (exact) mass is 660 g/mol. The SMILES string of the molecule is Cc1ccc(COc2ccc(Br)cc2C2c3sc(=O)[nH]c3SC3C(=O)N(c4cccc(C(F)(F)F)c4)C(=O)C32)cc1. The predicted octanol–water partition coefficient (Wildman–Crippen LogP) is 6.90. The third kappa shape index (κ3) is 5.13. The molecule has 41 heavy (non-hydrogen) atoms. The molecule has 3 atom stereocenters. The van der Waals surface area contributed by atoms with E-state index < -0.39 is 40.6 Å². The van der Waals surface area contributed by atoms with Crippen molar-refractivity contribution in [1.82, 2.24) is 4.98 Å². The van der Waals surface area contributed by atoms with Gasteiger partial charge in [-0.15, -0.1) is 0 Å². The lowest BCUT2D eigenvalue weighted by molar-refractivity contribution is -0.137. The number of carbonyl (C=O) groups excluding carboxylic acids is 2. The zero-order valence-corrected chi connectivity index (χ0v) is 24.4. The van der Waals surface area contributed by atoms with Crippen LogP contribution in [0, 0.1) is 12.8 Å². The average molecular weight is 662 g/mol. The number of anilines is 1. The van der Waals surface area contributed by atoms with Crippen molar-refractivity contribution in [3.8, 4) is 5.75 Å². The number of imide groups is 1. The smallest absolute Gasteiger partial charge is 0.416 e. The van der Waals surface area contributed by atoms with Crippen LogP contribution in [0.25, 0.3) is 0 Å². The van der Waals surface area contributed by atoms with Crippen molar-refractivity contribution < 1.29 is 27.5 Å². The number of ether oxygens (including phenoxy) is 1.